The number of aromatic nitrogens is 1. The minimum absolute atomic E-state index is 0.155. The van der Waals surface area contributed by atoms with Gasteiger partial charge in [0.05, 0.1) is 23.0 Å². The van der Waals surface area contributed by atoms with Crippen molar-refractivity contribution in [3.8, 4) is 0 Å². The van der Waals surface area contributed by atoms with Gasteiger partial charge in [0.15, 0.2) is 0 Å². The van der Waals surface area contributed by atoms with Crippen molar-refractivity contribution in [3.05, 3.63) is 24.0 Å². The Hall–Kier alpha value is -0.905. The lowest BCUT2D eigenvalue weighted by Crippen LogP contribution is -2.41. The Morgan fingerprint density at radius 2 is 1.85 bits per heavy atom. The van der Waals surface area contributed by atoms with Crippen LogP contribution in [0.4, 0.5) is 0 Å². The fraction of sp³-hybridized carbons (Fsp3) is 0.667. The van der Waals surface area contributed by atoms with Gasteiger partial charge in [-0.2, -0.15) is 0 Å². The second kappa shape index (κ2) is 4.83. The van der Waals surface area contributed by atoms with Crippen LogP contribution in [0.15, 0.2) is 18.3 Å². The van der Waals surface area contributed by atoms with Gasteiger partial charge in [-0.25, -0.2) is 0 Å². The second-order valence-corrected chi connectivity index (χ2v) is 6.61. The molecule has 2 saturated heterocycles. The molecule has 0 aromatic carbocycles. The maximum absolute atomic E-state index is 6.02. The number of hydrogen-bond donors (Lipinski definition) is 0. The van der Waals surface area contributed by atoms with E-state index in [1.807, 2.05) is 18.3 Å². The first-order chi connectivity index (χ1) is 9.39. The zero-order valence-corrected chi connectivity index (χ0v) is 12.7. The SMILES string of the molecule is CC1(C)OB(c2ccc(C3CCCO3)nc2)OC1(C)C. The zero-order valence-electron chi connectivity index (χ0n) is 12.7. The summed E-state index contributed by atoms with van der Waals surface area (Å²) < 4.78 is 17.7. The standard InChI is InChI=1S/C15H22BNO3/c1-14(2)15(3,4)20-16(19-14)11-7-8-12(17-10-11)13-6-5-9-18-13/h7-8,10,13H,5-6,9H2,1-4H3. The summed E-state index contributed by atoms with van der Waals surface area (Å²) in [5, 5.41) is 0. The van der Waals surface area contributed by atoms with Crippen molar-refractivity contribution in [3.63, 3.8) is 0 Å². The average Bonchev–Trinajstić information content (AvgIpc) is 2.97. The van der Waals surface area contributed by atoms with E-state index in [0.29, 0.717) is 0 Å². The quantitative estimate of drug-likeness (QED) is 0.776. The smallest absolute Gasteiger partial charge is 0.399 e. The number of ether oxygens (including phenoxy) is 1. The van der Waals surface area contributed by atoms with Crippen LogP contribution >= 0.6 is 0 Å². The van der Waals surface area contributed by atoms with Crippen molar-refractivity contribution in [2.75, 3.05) is 6.61 Å². The average molecular weight is 275 g/mol. The van der Waals surface area contributed by atoms with Gasteiger partial charge in [0, 0.05) is 18.3 Å². The van der Waals surface area contributed by atoms with Gasteiger partial charge in [-0.1, -0.05) is 6.07 Å². The fourth-order valence-corrected chi connectivity index (χ4v) is 2.54. The molecule has 1 unspecified atom stereocenters. The first-order valence-electron chi connectivity index (χ1n) is 7.32. The molecule has 0 amide bonds. The van der Waals surface area contributed by atoms with Crippen LogP contribution in [0.5, 0.6) is 0 Å². The third-order valence-corrected chi connectivity index (χ3v) is 4.59. The van der Waals surface area contributed by atoms with E-state index in [1.165, 1.54) is 0 Å². The van der Waals surface area contributed by atoms with Crippen molar-refractivity contribution >= 4 is 12.6 Å². The van der Waals surface area contributed by atoms with Gasteiger partial charge in [0.25, 0.3) is 0 Å². The molecular weight excluding hydrogens is 253 g/mol. The lowest BCUT2D eigenvalue weighted by atomic mass is 9.80. The molecule has 5 heteroatoms. The molecule has 20 heavy (non-hydrogen) atoms. The Balaban J connectivity index is 1.75. The van der Waals surface area contributed by atoms with Crippen LogP contribution in [-0.4, -0.2) is 29.9 Å². The van der Waals surface area contributed by atoms with Crippen LogP contribution in [0.2, 0.25) is 0 Å². The van der Waals surface area contributed by atoms with E-state index in [9.17, 15) is 0 Å². The van der Waals surface area contributed by atoms with E-state index in [2.05, 4.69) is 32.7 Å². The van der Waals surface area contributed by atoms with Gasteiger partial charge in [-0.05, 0) is 46.6 Å². The normalized spacial score (nSPS) is 28.0. The molecule has 1 atom stereocenters. The van der Waals surface area contributed by atoms with Crippen LogP contribution in [-0.2, 0) is 14.0 Å². The Morgan fingerprint density at radius 1 is 1.15 bits per heavy atom. The predicted molar refractivity (Wildman–Crippen MR) is 77.9 cm³/mol. The molecule has 0 spiro atoms. The van der Waals surface area contributed by atoms with E-state index < -0.39 is 0 Å². The highest BCUT2D eigenvalue weighted by Gasteiger charge is 2.51. The molecule has 1 aromatic heterocycles. The summed E-state index contributed by atoms with van der Waals surface area (Å²) in [6.07, 6.45) is 4.18. The molecule has 0 saturated carbocycles. The molecule has 108 valence electrons. The molecule has 2 aliphatic rings. The highest BCUT2D eigenvalue weighted by molar-refractivity contribution is 6.62. The second-order valence-electron chi connectivity index (χ2n) is 6.61. The summed E-state index contributed by atoms with van der Waals surface area (Å²) in [6, 6.07) is 4.06. The van der Waals surface area contributed by atoms with Gasteiger partial charge >= 0.3 is 7.12 Å². The molecule has 0 bridgehead atoms. The monoisotopic (exact) mass is 275 g/mol. The molecule has 0 N–H and O–H groups in total. The topological polar surface area (TPSA) is 40.6 Å². The van der Waals surface area contributed by atoms with E-state index in [1.54, 1.807) is 0 Å². The summed E-state index contributed by atoms with van der Waals surface area (Å²) in [6.45, 7) is 9.07. The molecule has 2 aliphatic heterocycles. The molecule has 0 radical (unpaired) electrons. The van der Waals surface area contributed by atoms with Crippen LogP contribution in [0.1, 0.15) is 52.3 Å². The molecule has 3 heterocycles. The lowest BCUT2D eigenvalue weighted by Gasteiger charge is -2.32. The van der Waals surface area contributed by atoms with Crippen LogP contribution in [0, 0.1) is 0 Å². The number of pyridine rings is 1. The maximum Gasteiger partial charge on any atom is 0.496 e. The van der Waals surface area contributed by atoms with Crippen molar-refractivity contribution in [1.82, 2.24) is 4.98 Å². The van der Waals surface area contributed by atoms with Crippen molar-refractivity contribution in [1.29, 1.82) is 0 Å². The third-order valence-electron chi connectivity index (χ3n) is 4.59. The summed E-state index contributed by atoms with van der Waals surface area (Å²) in [5.41, 5.74) is 1.34. The Bertz CT molecular complexity index is 464. The van der Waals surface area contributed by atoms with Crippen LogP contribution in [0.3, 0.4) is 0 Å². The molecule has 1 aromatic rings. The van der Waals surface area contributed by atoms with Gasteiger partial charge in [0.2, 0.25) is 0 Å². The molecular formula is C15H22BNO3. The van der Waals surface area contributed by atoms with E-state index in [0.717, 1.165) is 30.6 Å². The van der Waals surface area contributed by atoms with Gasteiger partial charge < -0.3 is 14.0 Å². The highest BCUT2D eigenvalue weighted by Crippen LogP contribution is 2.36. The third kappa shape index (κ3) is 2.38. The summed E-state index contributed by atoms with van der Waals surface area (Å²) >= 11 is 0. The molecule has 4 nitrogen and oxygen atoms in total. The van der Waals surface area contributed by atoms with Crippen molar-refractivity contribution < 1.29 is 14.0 Å². The number of rotatable bonds is 2. The van der Waals surface area contributed by atoms with Crippen LogP contribution < -0.4 is 5.46 Å². The summed E-state index contributed by atoms with van der Waals surface area (Å²) in [7, 11) is -0.342. The summed E-state index contributed by atoms with van der Waals surface area (Å²) in [5.74, 6) is 0. The van der Waals surface area contributed by atoms with Crippen LogP contribution in [0.25, 0.3) is 0 Å². The van der Waals surface area contributed by atoms with E-state index >= 15 is 0 Å². The van der Waals surface area contributed by atoms with E-state index in [-0.39, 0.29) is 24.4 Å². The Labute approximate surface area is 121 Å². The predicted octanol–water partition coefficient (Wildman–Crippen LogP) is 2.23. The fourth-order valence-electron chi connectivity index (χ4n) is 2.54. The van der Waals surface area contributed by atoms with Crippen molar-refractivity contribution in [2.45, 2.75) is 57.8 Å². The number of hydrogen-bond acceptors (Lipinski definition) is 4. The zero-order chi connectivity index (χ0) is 14.4. The first kappa shape index (κ1) is 14.0. The van der Waals surface area contributed by atoms with Gasteiger partial charge in [-0.15, -0.1) is 0 Å². The lowest BCUT2D eigenvalue weighted by molar-refractivity contribution is 0.00578. The Kier molecular flexibility index (Phi) is 3.39. The highest BCUT2D eigenvalue weighted by atomic mass is 16.7. The molecule has 2 fully saturated rings. The minimum Gasteiger partial charge on any atom is -0.399 e. The first-order valence-corrected chi connectivity index (χ1v) is 7.32. The van der Waals surface area contributed by atoms with E-state index in [4.69, 9.17) is 14.0 Å². The number of nitrogens with zero attached hydrogens (tertiary/aromatic N) is 1. The Morgan fingerprint density at radius 3 is 2.35 bits per heavy atom. The molecule has 0 aliphatic carbocycles. The maximum atomic E-state index is 6.02. The van der Waals surface area contributed by atoms with Gasteiger partial charge in [0.1, 0.15) is 0 Å². The largest absolute Gasteiger partial charge is 0.496 e. The van der Waals surface area contributed by atoms with Gasteiger partial charge in [-0.3, -0.25) is 4.98 Å². The summed E-state index contributed by atoms with van der Waals surface area (Å²) in [4.78, 5) is 4.52. The van der Waals surface area contributed by atoms with Crippen molar-refractivity contribution in [2.24, 2.45) is 0 Å². The molecule has 3 rings (SSSR count). The minimum atomic E-state index is -0.342.